The second-order valence-electron chi connectivity index (χ2n) is 2.51. The van der Waals surface area contributed by atoms with Crippen molar-refractivity contribution in [2.75, 3.05) is 0 Å². The smallest absolute Gasteiger partial charge is 0.115 e. The van der Waals surface area contributed by atoms with Crippen LogP contribution in [0.15, 0.2) is 23.4 Å². The molecular formula is C8H10ClN3S. The second kappa shape index (κ2) is 4.48. The maximum absolute atomic E-state index is 7.21. The summed E-state index contributed by atoms with van der Waals surface area (Å²) in [5.74, 6) is 0.131. The van der Waals surface area contributed by atoms with Gasteiger partial charge in [0.25, 0.3) is 0 Å². The zero-order valence-electron chi connectivity index (χ0n) is 7.12. The van der Waals surface area contributed by atoms with E-state index in [-0.39, 0.29) is 11.1 Å². The highest BCUT2D eigenvalue weighted by atomic mass is 35.5. The number of pyridine rings is 1. The first-order valence-electron chi connectivity index (χ1n) is 3.72. The molecule has 1 unspecified atom stereocenters. The molecule has 13 heavy (non-hydrogen) atoms. The van der Waals surface area contributed by atoms with Crippen LogP contribution in [0.2, 0.25) is 5.02 Å². The molecule has 0 aromatic carbocycles. The zero-order valence-corrected chi connectivity index (χ0v) is 8.69. The molecule has 3 N–H and O–H groups in total. The molecule has 0 saturated carbocycles. The Balaban J connectivity index is 2.74. The van der Waals surface area contributed by atoms with Crippen molar-refractivity contribution < 1.29 is 0 Å². The fourth-order valence-corrected chi connectivity index (χ4v) is 1.71. The number of hydrogen-bond acceptors (Lipinski definition) is 3. The highest BCUT2D eigenvalue weighted by Crippen LogP contribution is 2.27. The largest absolute Gasteiger partial charge is 0.387 e. The van der Waals surface area contributed by atoms with Crippen molar-refractivity contribution in [1.29, 1.82) is 5.41 Å². The van der Waals surface area contributed by atoms with Gasteiger partial charge < -0.3 is 5.73 Å². The highest BCUT2D eigenvalue weighted by Gasteiger charge is 2.10. The Kier molecular flexibility index (Phi) is 3.57. The molecule has 1 rings (SSSR count). The standard InChI is InChI=1S/C8H10ClN3S/c1-5(7(10)11)13-8-6(9)3-2-4-12-8/h2-5H,1H3,(H3,10,11). The lowest BCUT2D eigenvalue weighted by atomic mass is 10.4. The van der Waals surface area contributed by atoms with E-state index in [1.165, 1.54) is 11.8 Å². The Morgan fingerprint density at radius 1 is 1.77 bits per heavy atom. The van der Waals surface area contributed by atoms with Gasteiger partial charge in [0.15, 0.2) is 0 Å². The maximum Gasteiger partial charge on any atom is 0.115 e. The van der Waals surface area contributed by atoms with Crippen LogP contribution in [-0.4, -0.2) is 16.1 Å². The van der Waals surface area contributed by atoms with Gasteiger partial charge in [-0.25, -0.2) is 4.98 Å². The van der Waals surface area contributed by atoms with Crippen LogP contribution < -0.4 is 5.73 Å². The minimum atomic E-state index is -0.0904. The van der Waals surface area contributed by atoms with E-state index in [1.54, 1.807) is 18.3 Å². The van der Waals surface area contributed by atoms with Gasteiger partial charge in [0, 0.05) is 6.20 Å². The molecule has 1 aromatic heterocycles. The average molecular weight is 216 g/mol. The van der Waals surface area contributed by atoms with Crippen LogP contribution in [0.3, 0.4) is 0 Å². The minimum Gasteiger partial charge on any atom is -0.387 e. The molecule has 1 heterocycles. The van der Waals surface area contributed by atoms with Crippen LogP contribution >= 0.6 is 23.4 Å². The number of nitrogens with two attached hydrogens (primary N) is 1. The van der Waals surface area contributed by atoms with E-state index >= 15 is 0 Å². The number of nitrogens with one attached hydrogen (secondary N) is 1. The van der Waals surface area contributed by atoms with Gasteiger partial charge in [0.1, 0.15) is 10.9 Å². The lowest BCUT2D eigenvalue weighted by Gasteiger charge is -2.08. The quantitative estimate of drug-likeness (QED) is 0.462. The number of nitrogens with zero attached hydrogens (tertiary/aromatic N) is 1. The first-order chi connectivity index (χ1) is 6.11. The third-order valence-electron chi connectivity index (χ3n) is 1.45. The molecule has 0 aliphatic rings. The number of hydrogen-bond donors (Lipinski definition) is 2. The van der Waals surface area contributed by atoms with Gasteiger partial charge in [0.2, 0.25) is 0 Å². The monoisotopic (exact) mass is 215 g/mol. The van der Waals surface area contributed by atoms with Crippen molar-refractivity contribution in [1.82, 2.24) is 4.98 Å². The van der Waals surface area contributed by atoms with Crippen LogP contribution in [0, 0.1) is 5.41 Å². The molecule has 70 valence electrons. The molecule has 3 nitrogen and oxygen atoms in total. The van der Waals surface area contributed by atoms with Gasteiger partial charge in [-0.2, -0.15) is 0 Å². The molecule has 0 aliphatic heterocycles. The third kappa shape index (κ3) is 2.90. The Morgan fingerprint density at radius 3 is 3.00 bits per heavy atom. The van der Waals surface area contributed by atoms with Crippen molar-refractivity contribution in [3.63, 3.8) is 0 Å². The number of thioether (sulfide) groups is 1. The fourth-order valence-electron chi connectivity index (χ4n) is 0.689. The van der Waals surface area contributed by atoms with Crippen molar-refractivity contribution >= 4 is 29.2 Å². The van der Waals surface area contributed by atoms with E-state index in [0.717, 1.165) is 0 Å². The Bertz CT molecular complexity index is 316. The summed E-state index contributed by atoms with van der Waals surface area (Å²) in [6.45, 7) is 1.85. The van der Waals surface area contributed by atoms with Crippen molar-refractivity contribution in [3.8, 4) is 0 Å². The fraction of sp³-hybridized carbons (Fsp3) is 0.250. The first kappa shape index (κ1) is 10.3. The Morgan fingerprint density at radius 2 is 2.46 bits per heavy atom. The molecule has 0 amide bonds. The van der Waals surface area contributed by atoms with Crippen LogP contribution in [0.1, 0.15) is 6.92 Å². The Labute approximate surface area is 86.2 Å². The van der Waals surface area contributed by atoms with E-state index in [4.69, 9.17) is 22.7 Å². The molecular weight excluding hydrogens is 206 g/mol. The molecule has 0 saturated heterocycles. The predicted molar refractivity (Wildman–Crippen MR) is 56.5 cm³/mol. The lowest BCUT2D eigenvalue weighted by Crippen LogP contribution is -2.21. The van der Waals surface area contributed by atoms with Crippen molar-refractivity contribution in [3.05, 3.63) is 23.4 Å². The second-order valence-corrected chi connectivity index (χ2v) is 4.24. The molecule has 0 bridgehead atoms. The topological polar surface area (TPSA) is 62.8 Å². The van der Waals surface area contributed by atoms with E-state index in [9.17, 15) is 0 Å². The summed E-state index contributed by atoms with van der Waals surface area (Å²) < 4.78 is 0. The summed E-state index contributed by atoms with van der Waals surface area (Å²) in [6, 6.07) is 3.54. The van der Waals surface area contributed by atoms with Crippen molar-refractivity contribution in [2.45, 2.75) is 17.2 Å². The molecule has 1 atom stereocenters. The summed E-state index contributed by atoms with van der Waals surface area (Å²) in [6.07, 6.45) is 1.67. The molecule has 5 heteroatoms. The molecule has 0 radical (unpaired) electrons. The van der Waals surface area contributed by atoms with Gasteiger partial charge in [-0.1, -0.05) is 23.4 Å². The van der Waals surface area contributed by atoms with E-state index in [1.807, 2.05) is 6.92 Å². The van der Waals surface area contributed by atoms with Gasteiger partial charge in [0.05, 0.1) is 10.3 Å². The molecule has 1 aromatic rings. The summed E-state index contributed by atoms with van der Waals surface area (Å²) in [5.41, 5.74) is 5.33. The van der Waals surface area contributed by atoms with Gasteiger partial charge in [-0.05, 0) is 19.1 Å². The Hall–Kier alpha value is -0.740. The van der Waals surface area contributed by atoms with Gasteiger partial charge >= 0.3 is 0 Å². The van der Waals surface area contributed by atoms with Crippen LogP contribution in [-0.2, 0) is 0 Å². The predicted octanol–water partition coefficient (Wildman–Crippen LogP) is 2.15. The molecule has 0 spiro atoms. The van der Waals surface area contributed by atoms with Crippen LogP contribution in [0.4, 0.5) is 0 Å². The first-order valence-corrected chi connectivity index (χ1v) is 4.98. The van der Waals surface area contributed by atoms with E-state index in [0.29, 0.717) is 10.0 Å². The van der Waals surface area contributed by atoms with Gasteiger partial charge in [-0.3, -0.25) is 5.41 Å². The molecule has 0 fully saturated rings. The number of aromatic nitrogens is 1. The number of halogens is 1. The normalized spacial score (nSPS) is 12.5. The number of rotatable bonds is 3. The zero-order chi connectivity index (χ0) is 9.84. The third-order valence-corrected chi connectivity index (χ3v) is 3.02. The highest BCUT2D eigenvalue weighted by molar-refractivity contribution is 8.00. The van der Waals surface area contributed by atoms with E-state index in [2.05, 4.69) is 4.98 Å². The summed E-state index contributed by atoms with van der Waals surface area (Å²) >= 11 is 7.26. The van der Waals surface area contributed by atoms with E-state index < -0.39 is 0 Å². The van der Waals surface area contributed by atoms with Gasteiger partial charge in [-0.15, -0.1) is 0 Å². The van der Waals surface area contributed by atoms with Crippen LogP contribution in [0.5, 0.6) is 0 Å². The summed E-state index contributed by atoms with van der Waals surface area (Å²) in [7, 11) is 0. The SMILES string of the molecule is CC(Sc1ncccc1Cl)C(=N)N. The molecule has 0 aliphatic carbocycles. The summed E-state index contributed by atoms with van der Waals surface area (Å²) in [5, 5.41) is 8.43. The lowest BCUT2D eigenvalue weighted by molar-refractivity contribution is 1.12. The minimum absolute atomic E-state index is 0.0904. The average Bonchev–Trinajstić information content (AvgIpc) is 2.08. The maximum atomic E-state index is 7.21. The summed E-state index contributed by atoms with van der Waals surface area (Å²) in [4.78, 5) is 4.08. The number of amidine groups is 1. The van der Waals surface area contributed by atoms with Crippen molar-refractivity contribution in [2.24, 2.45) is 5.73 Å². The van der Waals surface area contributed by atoms with Crippen LogP contribution in [0.25, 0.3) is 0 Å².